The number of amides is 1. The van der Waals surface area contributed by atoms with Crippen LogP contribution in [0.15, 0.2) is 41.3 Å². The van der Waals surface area contributed by atoms with Crippen molar-refractivity contribution in [2.75, 3.05) is 18.4 Å². The first kappa shape index (κ1) is 17.4. The van der Waals surface area contributed by atoms with Crippen LogP contribution in [-0.4, -0.2) is 28.9 Å². The highest BCUT2D eigenvalue weighted by Crippen LogP contribution is 2.19. The number of carbonyl (C=O) groups excluding carboxylic acids is 1. The van der Waals surface area contributed by atoms with Gasteiger partial charge >= 0.3 is 0 Å². The fraction of sp³-hybridized carbons (Fsp3) is 0.400. The summed E-state index contributed by atoms with van der Waals surface area (Å²) < 4.78 is 0. The molecular formula is C20H25N3O2. The molecule has 1 atom stereocenters. The normalized spacial score (nSPS) is 18.1. The predicted octanol–water partition coefficient (Wildman–Crippen LogP) is 3.17. The Morgan fingerprint density at radius 2 is 2.08 bits per heavy atom. The molecule has 1 saturated heterocycles. The third-order valence-corrected chi connectivity index (χ3v) is 4.66. The zero-order chi connectivity index (χ0) is 17.8. The van der Waals surface area contributed by atoms with Crippen molar-refractivity contribution in [1.29, 1.82) is 0 Å². The summed E-state index contributed by atoms with van der Waals surface area (Å²) in [5.41, 5.74) is 2.51. The van der Waals surface area contributed by atoms with E-state index < -0.39 is 0 Å². The third kappa shape index (κ3) is 4.57. The van der Waals surface area contributed by atoms with Crippen LogP contribution >= 0.6 is 0 Å². The molecule has 0 spiro atoms. The lowest BCUT2D eigenvalue weighted by atomic mass is 10.00. The van der Waals surface area contributed by atoms with Gasteiger partial charge in [0.25, 0.3) is 5.91 Å². The van der Waals surface area contributed by atoms with Crippen molar-refractivity contribution in [2.45, 2.75) is 33.2 Å². The van der Waals surface area contributed by atoms with E-state index in [0.717, 1.165) is 31.2 Å². The minimum absolute atomic E-state index is 0.122. The summed E-state index contributed by atoms with van der Waals surface area (Å²) in [5.74, 6) is 0.374. The quantitative estimate of drug-likeness (QED) is 0.899. The van der Waals surface area contributed by atoms with Gasteiger partial charge in [0, 0.05) is 36.7 Å². The van der Waals surface area contributed by atoms with Gasteiger partial charge in [0.05, 0.1) is 0 Å². The Balaban J connectivity index is 1.62. The Bertz CT molecular complexity index is 795. The SMILES string of the molecule is Cc1cc(=O)c(C(=O)Nc2ccc(CN3CCCC(C)C3)cc2)c[nH]1. The topological polar surface area (TPSA) is 65.2 Å². The summed E-state index contributed by atoms with van der Waals surface area (Å²) in [4.78, 5) is 29.5. The molecule has 2 N–H and O–H groups in total. The number of anilines is 1. The number of aryl methyl sites for hydroxylation is 1. The van der Waals surface area contributed by atoms with Crippen LogP contribution in [0.1, 0.15) is 41.4 Å². The van der Waals surface area contributed by atoms with Crippen LogP contribution in [0.3, 0.4) is 0 Å². The number of benzene rings is 1. The highest BCUT2D eigenvalue weighted by Gasteiger charge is 2.16. The molecule has 2 aromatic rings. The van der Waals surface area contributed by atoms with Gasteiger partial charge in [0.2, 0.25) is 0 Å². The molecular weight excluding hydrogens is 314 g/mol. The van der Waals surface area contributed by atoms with E-state index in [1.165, 1.54) is 30.7 Å². The fourth-order valence-electron chi connectivity index (χ4n) is 3.33. The summed E-state index contributed by atoms with van der Waals surface area (Å²) in [6.07, 6.45) is 4.04. The van der Waals surface area contributed by atoms with Crippen LogP contribution in [0.4, 0.5) is 5.69 Å². The maximum Gasteiger partial charge on any atom is 0.261 e. The van der Waals surface area contributed by atoms with Crippen LogP contribution in [0.2, 0.25) is 0 Å². The molecule has 25 heavy (non-hydrogen) atoms. The number of carbonyl (C=O) groups is 1. The summed E-state index contributed by atoms with van der Waals surface area (Å²) in [5, 5.41) is 2.78. The van der Waals surface area contributed by atoms with Gasteiger partial charge < -0.3 is 10.3 Å². The summed E-state index contributed by atoms with van der Waals surface area (Å²) >= 11 is 0. The van der Waals surface area contributed by atoms with Gasteiger partial charge in [-0.3, -0.25) is 14.5 Å². The molecule has 132 valence electrons. The number of likely N-dealkylation sites (tertiary alicyclic amines) is 1. The summed E-state index contributed by atoms with van der Waals surface area (Å²) in [7, 11) is 0. The van der Waals surface area contributed by atoms with E-state index in [0.29, 0.717) is 5.69 Å². The van der Waals surface area contributed by atoms with Crippen molar-refractivity contribution in [2.24, 2.45) is 5.92 Å². The second-order valence-corrected chi connectivity index (χ2v) is 7.03. The van der Waals surface area contributed by atoms with Gasteiger partial charge in [-0.05, 0) is 49.9 Å². The number of aromatic nitrogens is 1. The molecule has 1 aliphatic heterocycles. The zero-order valence-electron chi connectivity index (χ0n) is 14.8. The van der Waals surface area contributed by atoms with E-state index in [1.807, 2.05) is 24.3 Å². The van der Waals surface area contributed by atoms with Crippen molar-refractivity contribution in [3.8, 4) is 0 Å². The Morgan fingerprint density at radius 3 is 2.76 bits per heavy atom. The molecule has 5 heteroatoms. The maximum atomic E-state index is 12.2. The smallest absolute Gasteiger partial charge is 0.261 e. The maximum absolute atomic E-state index is 12.2. The first-order valence-corrected chi connectivity index (χ1v) is 8.83. The Labute approximate surface area is 148 Å². The molecule has 3 rings (SSSR count). The number of pyridine rings is 1. The van der Waals surface area contributed by atoms with Gasteiger partial charge in [-0.25, -0.2) is 0 Å². The minimum atomic E-state index is -0.390. The van der Waals surface area contributed by atoms with Gasteiger partial charge in [-0.15, -0.1) is 0 Å². The highest BCUT2D eigenvalue weighted by atomic mass is 16.2. The van der Waals surface area contributed by atoms with E-state index in [1.54, 1.807) is 6.92 Å². The molecule has 1 aromatic carbocycles. The van der Waals surface area contributed by atoms with Crippen molar-refractivity contribution in [1.82, 2.24) is 9.88 Å². The van der Waals surface area contributed by atoms with Crippen LogP contribution in [0.25, 0.3) is 0 Å². The molecule has 1 aromatic heterocycles. The van der Waals surface area contributed by atoms with E-state index in [9.17, 15) is 9.59 Å². The second kappa shape index (κ2) is 7.66. The molecule has 1 amide bonds. The van der Waals surface area contributed by atoms with Crippen molar-refractivity contribution in [3.05, 3.63) is 63.6 Å². The number of hydrogen-bond donors (Lipinski definition) is 2. The Kier molecular flexibility index (Phi) is 5.34. The van der Waals surface area contributed by atoms with E-state index >= 15 is 0 Å². The van der Waals surface area contributed by atoms with E-state index in [-0.39, 0.29) is 16.9 Å². The monoisotopic (exact) mass is 339 g/mol. The molecule has 1 fully saturated rings. The van der Waals surface area contributed by atoms with Gasteiger partial charge in [0.15, 0.2) is 5.43 Å². The standard InChI is InChI=1S/C20H25N3O2/c1-14-4-3-9-23(12-14)13-16-5-7-17(8-6-16)22-20(25)18-11-21-15(2)10-19(18)24/h5-8,10-11,14H,3-4,9,12-13H2,1-2H3,(H,21,24)(H,22,25). The average Bonchev–Trinajstić information content (AvgIpc) is 2.56. The van der Waals surface area contributed by atoms with Crippen LogP contribution in [0, 0.1) is 12.8 Å². The van der Waals surface area contributed by atoms with Gasteiger partial charge in [0.1, 0.15) is 5.56 Å². The van der Waals surface area contributed by atoms with Gasteiger partial charge in [-0.2, -0.15) is 0 Å². The average molecular weight is 339 g/mol. The number of aromatic amines is 1. The van der Waals surface area contributed by atoms with Crippen molar-refractivity contribution >= 4 is 11.6 Å². The Morgan fingerprint density at radius 1 is 1.32 bits per heavy atom. The van der Waals surface area contributed by atoms with E-state index in [2.05, 4.69) is 22.1 Å². The van der Waals surface area contributed by atoms with Gasteiger partial charge in [-0.1, -0.05) is 19.1 Å². The van der Waals surface area contributed by atoms with Crippen molar-refractivity contribution in [3.63, 3.8) is 0 Å². The van der Waals surface area contributed by atoms with Crippen LogP contribution in [-0.2, 0) is 6.54 Å². The van der Waals surface area contributed by atoms with E-state index in [4.69, 9.17) is 0 Å². The minimum Gasteiger partial charge on any atom is -0.364 e. The molecule has 0 radical (unpaired) electrons. The molecule has 0 bridgehead atoms. The molecule has 0 saturated carbocycles. The summed E-state index contributed by atoms with van der Waals surface area (Å²) in [6.45, 7) is 7.33. The zero-order valence-corrected chi connectivity index (χ0v) is 14.8. The predicted molar refractivity (Wildman–Crippen MR) is 99.9 cm³/mol. The Hall–Kier alpha value is -2.40. The number of nitrogens with zero attached hydrogens (tertiary/aromatic N) is 1. The number of hydrogen-bond acceptors (Lipinski definition) is 3. The number of piperidine rings is 1. The fourth-order valence-corrected chi connectivity index (χ4v) is 3.33. The number of H-pyrrole nitrogens is 1. The lowest BCUT2D eigenvalue weighted by molar-refractivity contribution is 0.102. The molecule has 2 heterocycles. The third-order valence-electron chi connectivity index (χ3n) is 4.66. The first-order valence-electron chi connectivity index (χ1n) is 8.83. The second-order valence-electron chi connectivity index (χ2n) is 7.03. The van der Waals surface area contributed by atoms with Crippen molar-refractivity contribution < 1.29 is 4.79 Å². The molecule has 1 unspecified atom stereocenters. The lowest BCUT2D eigenvalue weighted by Crippen LogP contribution is -2.33. The van der Waals surface area contributed by atoms with Crippen LogP contribution < -0.4 is 10.7 Å². The largest absolute Gasteiger partial charge is 0.364 e. The number of nitrogens with one attached hydrogen (secondary N) is 2. The molecule has 0 aliphatic carbocycles. The highest BCUT2D eigenvalue weighted by molar-refractivity contribution is 6.03. The first-order chi connectivity index (χ1) is 12.0. The molecule has 1 aliphatic rings. The lowest BCUT2D eigenvalue weighted by Gasteiger charge is -2.30. The molecule has 5 nitrogen and oxygen atoms in total. The van der Waals surface area contributed by atoms with Crippen LogP contribution in [0.5, 0.6) is 0 Å². The summed E-state index contributed by atoms with van der Waals surface area (Å²) in [6, 6.07) is 9.28. The number of rotatable bonds is 4.